The molecule has 146 valence electrons. The summed E-state index contributed by atoms with van der Waals surface area (Å²) >= 11 is 1.49. The molecular weight excluding hydrogens is 360 g/mol. The highest BCUT2D eigenvalue weighted by atomic mass is 32.2. The molecule has 0 saturated heterocycles. The number of nitrogens with zero attached hydrogens (tertiary/aromatic N) is 3. The Kier molecular flexibility index (Phi) is 6.11. The van der Waals surface area contributed by atoms with Gasteiger partial charge in [-0.1, -0.05) is 0 Å². The van der Waals surface area contributed by atoms with Crippen LogP contribution in [0.2, 0.25) is 0 Å². The number of fused-ring (bicyclic) bond motifs is 1. The van der Waals surface area contributed by atoms with Gasteiger partial charge in [0.1, 0.15) is 11.3 Å². The maximum absolute atomic E-state index is 5.76. The molecule has 0 atom stereocenters. The first kappa shape index (κ1) is 19.8. The molecule has 2 aromatic rings. The minimum absolute atomic E-state index is 0.255. The second-order valence-electron chi connectivity index (χ2n) is 7.70. The molecule has 0 spiro atoms. The lowest BCUT2D eigenvalue weighted by Gasteiger charge is -2.20. The molecule has 7 heteroatoms. The van der Waals surface area contributed by atoms with Crippen molar-refractivity contribution in [1.29, 1.82) is 0 Å². The van der Waals surface area contributed by atoms with Crippen LogP contribution in [0.3, 0.4) is 0 Å². The Morgan fingerprint density at radius 3 is 2.63 bits per heavy atom. The second kappa shape index (κ2) is 8.35. The van der Waals surface area contributed by atoms with Gasteiger partial charge in [-0.2, -0.15) is 0 Å². The Hall–Kier alpha value is -1.99. The first-order valence-corrected chi connectivity index (χ1v) is 9.99. The summed E-state index contributed by atoms with van der Waals surface area (Å²) in [5, 5.41) is 0. The van der Waals surface area contributed by atoms with E-state index in [0.717, 1.165) is 42.2 Å². The number of hydrogen-bond acceptors (Lipinski definition) is 7. The number of anilines is 1. The molecule has 0 unspecified atom stereocenters. The highest BCUT2D eigenvalue weighted by Crippen LogP contribution is 2.31. The maximum atomic E-state index is 5.76. The molecule has 0 fully saturated rings. The Bertz CT molecular complexity index is 775. The first-order valence-electron chi connectivity index (χ1n) is 9.17. The molecule has 3 heterocycles. The van der Waals surface area contributed by atoms with Crippen LogP contribution >= 0.6 is 11.9 Å². The van der Waals surface area contributed by atoms with E-state index in [2.05, 4.69) is 27.7 Å². The molecule has 6 nitrogen and oxygen atoms in total. The van der Waals surface area contributed by atoms with Crippen LogP contribution in [0.1, 0.15) is 32.0 Å². The smallest absolute Gasteiger partial charge is 0.238 e. The number of nitrogens with one attached hydrogen (secondary N) is 1. The van der Waals surface area contributed by atoms with Gasteiger partial charge in [-0.15, -0.1) is 0 Å². The number of ether oxygens (including phenoxy) is 2. The summed E-state index contributed by atoms with van der Waals surface area (Å²) in [6, 6.07) is 6.04. The van der Waals surface area contributed by atoms with Crippen molar-refractivity contribution in [2.24, 2.45) is 0 Å². The number of hydrogen-bond donors (Lipinski definition) is 1. The van der Waals surface area contributed by atoms with Crippen molar-refractivity contribution in [2.75, 3.05) is 32.0 Å². The third kappa shape index (κ3) is 5.49. The van der Waals surface area contributed by atoms with Gasteiger partial charge in [-0.05, 0) is 63.9 Å². The average Bonchev–Trinajstić information content (AvgIpc) is 2.80. The fraction of sp³-hybridized carbons (Fsp3) is 0.500. The molecule has 1 aliphatic heterocycles. The molecule has 0 aromatic carbocycles. The van der Waals surface area contributed by atoms with Crippen molar-refractivity contribution in [3.05, 3.63) is 35.7 Å². The Balaban J connectivity index is 1.70. The monoisotopic (exact) mass is 388 g/mol. The summed E-state index contributed by atoms with van der Waals surface area (Å²) in [7, 11) is 3.81. The molecule has 0 aliphatic carbocycles. The van der Waals surface area contributed by atoms with Gasteiger partial charge in [-0.25, -0.2) is 9.97 Å². The summed E-state index contributed by atoms with van der Waals surface area (Å²) in [6.07, 6.45) is 3.76. The second-order valence-corrected chi connectivity index (χ2v) is 8.58. The Morgan fingerprint density at radius 1 is 1.19 bits per heavy atom. The van der Waals surface area contributed by atoms with Crippen molar-refractivity contribution in [1.82, 2.24) is 14.9 Å². The number of methoxy groups -OCH3 is 1. The number of pyridine rings is 2. The third-order valence-electron chi connectivity index (χ3n) is 4.24. The van der Waals surface area contributed by atoms with E-state index in [9.17, 15) is 0 Å². The molecule has 0 bridgehead atoms. The van der Waals surface area contributed by atoms with Crippen LogP contribution in [0.5, 0.6) is 11.8 Å². The highest BCUT2D eigenvalue weighted by Gasteiger charge is 2.17. The van der Waals surface area contributed by atoms with Crippen LogP contribution in [0.25, 0.3) is 0 Å². The van der Waals surface area contributed by atoms with Gasteiger partial charge in [0.25, 0.3) is 0 Å². The van der Waals surface area contributed by atoms with E-state index < -0.39 is 0 Å². The van der Waals surface area contributed by atoms with Crippen LogP contribution in [0, 0.1) is 0 Å². The first-order chi connectivity index (χ1) is 12.8. The van der Waals surface area contributed by atoms with E-state index in [4.69, 9.17) is 14.5 Å². The van der Waals surface area contributed by atoms with Crippen molar-refractivity contribution in [3.63, 3.8) is 0 Å². The number of aromatic nitrogens is 2. The summed E-state index contributed by atoms with van der Waals surface area (Å²) in [5.74, 6) is 1.26. The predicted octanol–water partition coefficient (Wildman–Crippen LogP) is 3.81. The molecule has 1 aliphatic rings. The van der Waals surface area contributed by atoms with Crippen molar-refractivity contribution < 1.29 is 9.47 Å². The fourth-order valence-corrected chi connectivity index (χ4v) is 3.49. The molecule has 1 N–H and O–H groups in total. The largest absolute Gasteiger partial charge is 0.479 e. The Labute approximate surface area is 165 Å². The number of rotatable bonds is 5. The predicted molar refractivity (Wildman–Crippen MR) is 110 cm³/mol. The van der Waals surface area contributed by atoms with E-state index in [1.54, 1.807) is 13.3 Å². The summed E-state index contributed by atoms with van der Waals surface area (Å²) in [6.45, 7) is 8.10. The zero-order valence-corrected chi connectivity index (χ0v) is 17.5. The van der Waals surface area contributed by atoms with Gasteiger partial charge in [0.15, 0.2) is 0 Å². The topological polar surface area (TPSA) is 59.5 Å². The van der Waals surface area contributed by atoms with Gasteiger partial charge >= 0.3 is 0 Å². The highest BCUT2D eigenvalue weighted by molar-refractivity contribution is 8.00. The maximum Gasteiger partial charge on any atom is 0.238 e. The lowest BCUT2D eigenvalue weighted by Crippen LogP contribution is -2.23. The van der Waals surface area contributed by atoms with Crippen molar-refractivity contribution in [3.8, 4) is 11.8 Å². The summed E-state index contributed by atoms with van der Waals surface area (Å²) in [4.78, 5) is 12.4. The minimum atomic E-state index is -0.255. The Morgan fingerprint density at radius 2 is 1.96 bits per heavy atom. The van der Waals surface area contributed by atoms with Crippen molar-refractivity contribution in [2.45, 2.75) is 44.1 Å². The molecule has 2 aromatic heterocycles. The molecule has 27 heavy (non-hydrogen) atoms. The van der Waals surface area contributed by atoms with Crippen LogP contribution < -0.4 is 14.2 Å². The zero-order chi connectivity index (χ0) is 19.4. The zero-order valence-electron chi connectivity index (χ0n) is 16.7. The van der Waals surface area contributed by atoms with Gasteiger partial charge in [0, 0.05) is 42.4 Å². The van der Waals surface area contributed by atoms with Gasteiger partial charge < -0.3 is 19.1 Å². The van der Waals surface area contributed by atoms with E-state index >= 15 is 0 Å². The normalized spacial score (nSPS) is 15.0. The molecule has 3 rings (SSSR count). The lowest BCUT2D eigenvalue weighted by atomic mass is 10.1. The molecule has 0 radical (unpaired) electrons. The fourth-order valence-electron chi connectivity index (χ4n) is 2.87. The van der Waals surface area contributed by atoms with E-state index in [0.29, 0.717) is 11.8 Å². The standard InChI is InChI=1S/C20H28N4O2S/c1-20(2,3)26-18-7-6-15(13-21-18)27-23-17-12-14-8-10-24(4)11-9-16(14)22-19(17)25-5/h6-7,12-13,23H,8-11H2,1-5H3. The quantitative estimate of drug-likeness (QED) is 0.782. The van der Waals surface area contributed by atoms with Gasteiger partial charge in [-0.3, -0.25) is 0 Å². The van der Waals surface area contributed by atoms with Crippen LogP contribution in [0.15, 0.2) is 29.3 Å². The molecule has 0 amide bonds. The van der Waals surface area contributed by atoms with Crippen molar-refractivity contribution >= 4 is 17.6 Å². The number of likely N-dealkylation sites (N-methyl/N-ethyl adjacent to an activating group) is 1. The lowest BCUT2D eigenvalue weighted by molar-refractivity contribution is 0.124. The van der Waals surface area contributed by atoms with Crippen LogP contribution in [-0.2, 0) is 12.8 Å². The van der Waals surface area contributed by atoms with E-state index in [1.165, 1.54) is 17.5 Å². The molecular formula is C20H28N4O2S. The summed E-state index contributed by atoms with van der Waals surface area (Å²) < 4.78 is 14.6. The summed E-state index contributed by atoms with van der Waals surface area (Å²) in [5.41, 5.74) is 3.06. The SMILES string of the molecule is COc1nc2c(cc1NSc1ccc(OC(C)(C)C)nc1)CCN(C)CC2. The minimum Gasteiger partial charge on any atom is -0.479 e. The van der Waals surface area contributed by atoms with E-state index in [-0.39, 0.29) is 5.60 Å². The molecule has 0 saturated carbocycles. The average molecular weight is 389 g/mol. The van der Waals surface area contributed by atoms with Crippen LogP contribution in [0.4, 0.5) is 5.69 Å². The van der Waals surface area contributed by atoms with Gasteiger partial charge in [0.2, 0.25) is 11.8 Å². The third-order valence-corrected chi connectivity index (χ3v) is 5.04. The van der Waals surface area contributed by atoms with E-state index in [1.807, 2.05) is 32.9 Å². The van der Waals surface area contributed by atoms with Crippen LogP contribution in [-0.4, -0.2) is 47.7 Å². The van der Waals surface area contributed by atoms with Gasteiger partial charge in [0.05, 0.1) is 7.11 Å².